The Morgan fingerprint density at radius 2 is 2.14 bits per heavy atom. The Morgan fingerprint density at radius 1 is 1.52 bits per heavy atom. The third-order valence-electron chi connectivity index (χ3n) is 2.72. The van der Waals surface area contributed by atoms with Crippen molar-refractivity contribution in [1.82, 2.24) is 4.72 Å². The lowest BCUT2D eigenvalue weighted by molar-refractivity contribution is -0.138. The third-order valence-corrected chi connectivity index (χ3v) is 7.09. The van der Waals surface area contributed by atoms with Crippen LogP contribution in [0, 0.1) is 11.8 Å². The first-order valence-corrected chi connectivity index (χ1v) is 9.75. The maximum Gasteiger partial charge on any atom is 0.303 e. The Bertz CT molecular complexity index is 581. The van der Waals surface area contributed by atoms with E-state index in [-0.39, 0.29) is 23.1 Å². The van der Waals surface area contributed by atoms with E-state index in [4.69, 9.17) is 16.7 Å². The van der Waals surface area contributed by atoms with Crippen LogP contribution in [0.4, 0.5) is 0 Å². The maximum atomic E-state index is 12.1. The standard InChI is InChI=1S/C12H17BrClNO4S2/c1-7(2)3-8(4-10(16)17)6-15-21(18,19)11-5-9(14)12(13)20-11/h5,7-8,15H,3-4,6H2,1-2H3,(H,16,17). The van der Waals surface area contributed by atoms with Gasteiger partial charge in [0.15, 0.2) is 0 Å². The van der Waals surface area contributed by atoms with Crippen LogP contribution in [0.5, 0.6) is 0 Å². The topological polar surface area (TPSA) is 83.5 Å². The zero-order chi connectivity index (χ0) is 16.2. The Balaban J connectivity index is 2.75. The number of carbonyl (C=O) groups is 1. The summed E-state index contributed by atoms with van der Waals surface area (Å²) >= 11 is 10.0. The van der Waals surface area contributed by atoms with Gasteiger partial charge in [-0.1, -0.05) is 25.4 Å². The van der Waals surface area contributed by atoms with Crippen molar-refractivity contribution in [3.05, 3.63) is 14.9 Å². The monoisotopic (exact) mass is 417 g/mol. The Kier molecular flexibility index (Phi) is 7.12. The molecule has 120 valence electrons. The molecule has 2 N–H and O–H groups in total. The minimum absolute atomic E-state index is 0.0599. The number of sulfonamides is 1. The first-order valence-electron chi connectivity index (χ1n) is 6.28. The molecule has 1 atom stereocenters. The number of hydrogen-bond donors (Lipinski definition) is 2. The van der Waals surface area contributed by atoms with E-state index in [0.717, 1.165) is 11.3 Å². The van der Waals surface area contributed by atoms with E-state index >= 15 is 0 Å². The molecular weight excluding hydrogens is 402 g/mol. The van der Waals surface area contributed by atoms with Gasteiger partial charge in [-0.3, -0.25) is 4.79 Å². The smallest absolute Gasteiger partial charge is 0.303 e. The van der Waals surface area contributed by atoms with Crippen molar-refractivity contribution in [2.24, 2.45) is 11.8 Å². The minimum atomic E-state index is -3.67. The van der Waals surface area contributed by atoms with Crippen molar-refractivity contribution in [1.29, 1.82) is 0 Å². The van der Waals surface area contributed by atoms with Crippen molar-refractivity contribution in [3.63, 3.8) is 0 Å². The Labute approximate surface area is 141 Å². The lowest BCUT2D eigenvalue weighted by Crippen LogP contribution is -2.30. The van der Waals surface area contributed by atoms with Gasteiger partial charge in [-0.25, -0.2) is 13.1 Å². The summed E-state index contributed by atoms with van der Waals surface area (Å²) in [5.41, 5.74) is 0. The van der Waals surface area contributed by atoms with Gasteiger partial charge in [-0.2, -0.15) is 0 Å². The van der Waals surface area contributed by atoms with Crippen LogP contribution >= 0.6 is 38.9 Å². The average molecular weight is 419 g/mol. The predicted molar refractivity (Wildman–Crippen MR) is 87.4 cm³/mol. The fourth-order valence-corrected chi connectivity index (χ4v) is 5.47. The number of rotatable bonds is 8. The lowest BCUT2D eigenvalue weighted by atomic mass is 9.94. The van der Waals surface area contributed by atoms with Gasteiger partial charge in [0, 0.05) is 13.0 Å². The Morgan fingerprint density at radius 3 is 2.57 bits per heavy atom. The first-order chi connectivity index (χ1) is 9.61. The molecule has 1 aromatic rings. The van der Waals surface area contributed by atoms with Crippen LogP contribution in [0.3, 0.4) is 0 Å². The van der Waals surface area contributed by atoms with Gasteiger partial charge in [-0.05, 0) is 40.3 Å². The highest BCUT2D eigenvalue weighted by Gasteiger charge is 2.22. The third kappa shape index (κ3) is 6.23. The number of carboxylic acids is 1. The van der Waals surface area contributed by atoms with E-state index in [1.807, 2.05) is 13.8 Å². The van der Waals surface area contributed by atoms with Crippen LogP contribution in [0.1, 0.15) is 26.7 Å². The largest absolute Gasteiger partial charge is 0.481 e. The number of halogens is 2. The van der Waals surface area contributed by atoms with Crippen molar-refractivity contribution >= 4 is 54.9 Å². The zero-order valence-corrected chi connectivity index (χ0v) is 15.6. The molecule has 0 aliphatic heterocycles. The van der Waals surface area contributed by atoms with Gasteiger partial charge >= 0.3 is 5.97 Å². The van der Waals surface area contributed by atoms with Crippen LogP contribution in [0.2, 0.25) is 5.02 Å². The van der Waals surface area contributed by atoms with E-state index in [9.17, 15) is 13.2 Å². The first kappa shape index (κ1) is 18.9. The van der Waals surface area contributed by atoms with Crippen molar-refractivity contribution in [2.75, 3.05) is 6.54 Å². The normalized spacial score (nSPS) is 13.6. The van der Waals surface area contributed by atoms with Crippen molar-refractivity contribution < 1.29 is 18.3 Å². The lowest BCUT2D eigenvalue weighted by Gasteiger charge is -2.17. The molecular formula is C12H17BrClNO4S2. The van der Waals surface area contributed by atoms with Crippen LogP contribution in [-0.4, -0.2) is 26.0 Å². The molecule has 0 aromatic carbocycles. The van der Waals surface area contributed by atoms with Gasteiger partial charge < -0.3 is 5.11 Å². The molecule has 5 nitrogen and oxygen atoms in total. The summed E-state index contributed by atoms with van der Waals surface area (Å²) in [4.78, 5) is 10.8. The fourth-order valence-electron chi connectivity index (χ4n) is 1.91. The van der Waals surface area contributed by atoms with E-state index in [2.05, 4.69) is 20.7 Å². The Hall–Kier alpha value is -0.150. The highest BCUT2D eigenvalue weighted by atomic mass is 79.9. The summed E-state index contributed by atoms with van der Waals surface area (Å²) in [5, 5.41) is 9.22. The van der Waals surface area contributed by atoms with Gasteiger partial charge in [0.25, 0.3) is 0 Å². The molecule has 0 radical (unpaired) electrons. The van der Waals surface area contributed by atoms with Crippen LogP contribution < -0.4 is 4.72 Å². The molecule has 1 unspecified atom stereocenters. The maximum absolute atomic E-state index is 12.1. The molecule has 0 saturated heterocycles. The fraction of sp³-hybridized carbons (Fsp3) is 0.583. The summed E-state index contributed by atoms with van der Waals surface area (Å²) in [5.74, 6) is -0.873. The predicted octanol–water partition coefficient (Wildman–Crippen LogP) is 3.58. The van der Waals surface area contributed by atoms with Crippen LogP contribution in [0.15, 0.2) is 14.1 Å². The molecule has 0 amide bonds. The van der Waals surface area contributed by atoms with Gasteiger partial charge in [0.2, 0.25) is 10.0 Å². The van der Waals surface area contributed by atoms with Gasteiger partial charge in [-0.15, -0.1) is 11.3 Å². The van der Waals surface area contributed by atoms with Crippen LogP contribution in [0.25, 0.3) is 0 Å². The van der Waals surface area contributed by atoms with Crippen molar-refractivity contribution in [2.45, 2.75) is 30.9 Å². The number of hydrogen-bond acceptors (Lipinski definition) is 4. The van der Waals surface area contributed by atoms with Gasteiger partial charge in [0.05, 0.1) is 8.81 Å². The molecule has 0 saturated carbocycles. The summed E-state index contributed by atoms with van der Waals surface area (Å²) in [6.45, 7) is 4.04. The summed E-state index contributed by atoms with van der Waals surface area (Å²) in [6.07, 6.45) is 0.583. The summed E-state index contributed by atoms with van der Waals surface area (Å²) < 4.78 is 27.4. The molecule has 0 aliphatic rings. The second-order valence-corrected chi connectivity index (χ2v) is 9.90. The van der Waals surface area contributed by atoms with Gasteiger partial charge in [0.1, 0.15) is 4.21 Å². The molecule has 0 fully saturated rings. The van der Waals surface area contributed by atoms with E-state index in [1.165, 1.54) is 6.07 Å². The summed E-state index contributed by atoms with van der Waals surface area (Å²) in [7, 11) is -3.67. The summed E-state index contributed by atoms with van der Waals surface area (Å²) in [6, 6.07) is 1.37. The molecule has 1 aromatic heterocycles. The molecule has 0 aliphatic carbocycles. The van der Waals surface area contributed by atoms with E-state index in [1.54, 1.807) is 0 Å². The molecule has 1 rings (SSSR count). The quantitative estimate of drug-likeness (QED) is 0.676. The highest BCUT2D eigenvalue weighted by molar-refractivity contribution is 9.11. The molecule has 0 spiro atoms. The number of nitrogens with one attached hydrogen (secondary N) is 1. The van der Waals surface area contributed by atoms with Crippen LogP contribution in [-0.2, 0) is 14.8 Å². The molecule has 0 bridgehead atoms. The van der Waals surface area contributed by atoms with Crippen molar-refractivity contribution in [3.8, 4) is 0 Å². The number of carboxylic acid groups (broad SMARTS) is 1. The number of aliphatic carboxylic acids is 1. The van der Waals surface area contributed by atoms with E-state index in [0.29, 0.717) is 21.1 Å². The molecule has 1 heterocycles. The molecule has 21 heavy (non-hydrogen) atoms. The second-order valence-electron chi connectivity index (χ2n) is 5.13. The highest BCUT2D eigenvalue weighted by Crippen LogP contribution is 2.34. The minimum Gasteiger partial charge on any atom is -0.481 e. The second kappa shape index (κ2) is 7.92. The SMILES string of the molecule is CC(C)CC(CNS(=O)(=O)c1cc(Cl)c(Br)s1)CC(=O)O. The van der Waals surface area contributed by atoms with E-state index < -0.39 is 16.0 Å². The average Bonchev–Trinajstić information content (AvgIpc) is 2.66. The number of thiophene rings is 1. The molecule has 9 heteroatoms. The zero-order valence-electron chi connectivity index (χ0n) is 11.6.